The number of hydrogen-bond acceptors (Lipinski definition) is 3. The Balaban J connectivity index is 2.28. The lowest BCUT2D eigenvalue weighted by Gasteiger charge is -2.08. The van der Waals surface area contributed by atoms with E-state index in [1.54, 1.807) is 24.3 Å². The Morgan fingerprint density at radius 1 is 1.30 bits per heavy atom. The molecule has 20 heavy (non-hydrogen) atoms. The minimum Gasteiger partial charge on any atom is -0.398 e. The van der Waals surface area contributed by atoms with Crippen molar-refractivity contribution in [3.63, 3.8) is 0 Å². The number of nitrogen functional groups attached to an aromatic ring is 1. The van der Waals surface area contributed by atoms with E-state index in [0.717, 1.165) is 6.07 Å². The first-order valence-corrected chi connectivity index (χ1v) is 6.36. The van der Waals surface area contributed by atoms with Crippen LogP contribution in [0, 0.1) is 17.1 Å². The van der Waals surface area contributed by atoms with E-state index in [2.05, 4.69) is 21.2 Å². The zero-order valence-electron chi connectivity index (χ0n) is 10.2. The van der Waals surface area contributed by atoms with Gasteiger partial charge >= 0.3 is 0 Å². The maximum atomic E-state index is 13.2. The van der Waals surface area contributed by atoms with E-state index in [4.69, 9.17) is 11.0 Å². The summed E-state index contributed by atoms with van der Waals surface area (Å²) in [4.78, 5) is 12.1. The molecule has 4 nitrogen and oxygen atoms in total. The summed E-state index contributed by atoms with van der Waals surface area (Å²) in [5, 5.41) is 11.3. The molecule has 0 saturated heterocycles. The molecular formula is C14H9BrFN3O. The fourth-order valence-electron chi connectivity index (χ4n) is 1.61. The van der Waals surface area contributed by atoms with Crippen molar-refractivity contribution < 1.29 is 9.18 Å². The molecule has 2 aromatic rings. The lowest BCUT2D eigenvalue weighted by molar-refractivity contribution is 0.102. The number of hydrogen-bond donors (Lipinski definition) is 2. The molecule has 2 rings (SSSR count). The van der Waals surface area contributed by atoms with Gasteiger partial charge in [-0.25, -0.2) is 4.39 Å². The highest BCUT2D eigenvalue weighted by Crippen LogP contribution is 2.20. The first kappa shape index (κ1) is 14.0. The lowest BCUT2D eigenvalue weighted by atomic mass is 10.1. The van der Waals surface area contributed by atoms with Crippen molar-refractivity contribution in [3.05, 3.63) is 57.8 Å². The number of nitrogens with one attached hydrogen (secondary N) is 1. The smallest absolute Gasteiger partial charge is 0.257 e. The van der Waals surface area contributed by atoms with Gasteiger partial charge < -0.3 is 11.1 Å². The van der Waals surface area contributed by atoms with Crippen LogP contribution in [-0.4, -0.2) is 5.91 Å². The highest BCUT2D eigenvalue weighted by molar-refractivity contribution is 9.10. The molecule has 0 aliphatic carbocycles. The van der Waals surface area contributed by atoms with Crippen molar-refractivity contribution in [2.45, 2.75) is 0 Å². The van der Waals surface area contributed by atoms with Gasteiger partial charge in [-0.1, -0.05) is 15.9 Å². The van der Waals surface area contributed by atoms with E-state index in [1.807, 2.05) is 0 Å². The Hall–Kier alpha value is -2.39. The van der Waals surface area contributed by atoms with Crippen molar-refractivity contribution in [2.75, 3.05) is 11.1 Å². The van der Waals surface area contributed by atoms with Gasteiger partial charge in [-0.05, 0) is 36.4 Å². The fraction of sp³-hybridized carbons (Fsp3) is 0. The summed E-state index contributed by atoms with van der Waals surface area (Å²) in [5.41, 5.74) is 6.54. The average molecular weight is 334 g/mol. The van der Waals surface area contributed by atoms with Crippen LogP contribution in [0.4, 0.5) is 15.8 Å². The predicted molar refractivity (Wildman–Crippen MR) is 77.6 cm³/mol. The van der Waals surface area contributed by atoms with E-state index < -0.39 is 11.7 Å². The molecule has 0 aromatic heterocycles. The second kappa shape index (κ2) is 5.72. The van der Waals surface area contributed by atoms with Gasteiger partial charge in [-0.2, -0.15) is 5.26 Å². The Morgan fingerprint density at radius 3 is 2.75 bits per heavy atom. The summed E-state index contributed by atoms with van der Waals surface area (Å²) in [6, 6.07) is 10.4. The molecule has 100 valence electrons. The molecule has 3 N–H and O–H groups in total. The third-order valence-electron chi connectivity index (χ3n) is 2.60. The van der Waals surface area contributed by atoms with Crippen molar-refractivity contribution in [3.8, 4) is 6.07 Å². The summed E-state index contributed by atoms with van der Waals surface area (Å²) in [5.74, 6) is -1.06. The minimum absolute atomic E-state index is 0.134. The number of amides is 1. The highest BCUT2D eigenvalue weighted by atomic mass is 79.9. The van der Waals surface area contributed by atoms with E-state index in [0.29, 0.717) is 21.4 Å². The molecule has 0 bridgehead atoms. The summed E-state index contributed by atoms with van der Waals surface area (Å²) in [6.07, 6.45) is 0. The van der Waals surface area contributed by atoms with Crippen molar-refractivity contribution >= 4 is 33.2 Å². The highest BCUT2D eigenvalue weighted by Gasteiger charge is 2.11. The molecule has 6 heteroatoms. The summed E-state index contributed by atoms with van der Waals surface area (Å²) in [6.45, 7) is 0. The number of nitrogens with zero attached hydrogens (tertiary/aromatic N) is 1. The average Bonchev–Trinajstić information content (AvgIpc) is 2.43. The van der Waals surface area contributed by atoms with Crippen LogP contribution in [0.3, 0.4) is 0 Å². The lowest BCUT2D eigenvalue weighted by Crippen LogP contribution is -2.14. The van der Waals surface area contributed by atoms with Gasteiger partial charge in [0.25, 0.3) is 5.91 Å². The zero-order valence-corrected chi connectivity index (χ0v) is 11.7. The summed E-state index contributed by atoms with van der Waals surface area (Å²) >= 11 is 3.25. The topological polar surface area (TPSA) is 78.9 Å². The predicted octanol–water partition coefficient (Wildman–Crippen LogP) is 3.29. The number of rotatable bonds is 2. The minimum atomic E-state index is -0.632. The number of anilines is 2. The first-order valence-electron chi connectivity index (χ1n) is 5.57. The maximum absolute atomic E-state index is 13.2. The molecule has 0 aliphatic heterocycles. The number of carbonyl (C=O) groups is 1. The number of halogens is 2. The fourth-order valence-corrected chi connectivity index (χ4v) is 1.97. The van der Waals surface area contributed by atoms with Gasteiger partial charge in [0, 0.05) is 15.8 Å². The number of benzene rings is 2. The second-order valence-corrected chi connectivity index (χ2v) is 4.91. The van der Waals surface area contributed by atoms with Crippen LogP contribution in [0.2, 0.25) is 0 Å². The Labute approximate surface area is 123 Å². The van der Waals surface area contributed by atoms with Gasteiger partial charge in [-0.15, -0.1) is 0 Å². The largest absolute Gasteiger partial charge is 0.398 e. The van der Waals surface area contributed by atoms with Crippen LogP contribution < -0.4 is 11.1 Å². The standard InChI is InChI=1S/C14H9BrFN3O/c15-9-1-4-13(18)11(6-9)14(20)19-10-2-3-12(16)8(5-10)7-17/h1-6H,18H2,(H,19,20). The number of nitriles is 1. The quantitative estimate of drug-likeness (QED) is 0.827. The Bertz CT molecular complexity index is 725. The molecular weight excluding hydrogens is 325 g/mol. The molecule has 0 heterocycles. The first-order chi connectivity index (χ1) is 9.51. The van der Waals surface area contributed by atoms with Gasteiger partial charge in [-0.3, -0.25) is 4.79 Å². The van der Waals surface area contributed by atoms with Crippen LogP contribution >= 0.6 is 15.9 Å². The molecule has 1 amide bonds. The molecule has 0 radical (unpaired) electrons. The van der Waals surface area contributed by atoms with E-state index in [1.165, 1.54) is 12.1 Å². The van der Waals surface area contributed by atoms with E-state index >= 15 is 0 Å². The van der Waals surface area contributed by atoms with Gasteiger partial charge in [0.05, 0.1) is 11.1 Å². The van der Waals surface area contributed by atoms with Crippen molar-refractivity contribution in [1.29, 1.82) is 5.26 Å². The third-order valence-corrected chi connectivity index (χ3v) is 3.10. The van der Waals surface area contributed by atoms with Crippen molar-refractivity contribution in [2.24, 2.45) is 0 Å². The monoisotopic (exact) mass is 333 g/mol. The Kier molecular flexibility index (Phi) is 4.01. The van der Waals surface area contributed by atoms with Crippen LogP contribution in [0.1, 0.15) is 15.9 Å². The maximum Gasteiger partial charge on any atom is 0.257 e. The number of carbonyl (C=O) groups excluding carboxylic acids is 1. The zero-order chi connectivity index (χ0) is 14.7. The molecule has 0 spiro atoms. The van der Waals surface area contributed by atoms with Crippen LogP contribution in [-0.2, 0) is 0 Å². The van der Waals surface area contributed by atoms with E-state index in [-0.39, 0.29) is 5.56 Å². The van der Waals surface area contributed by atoms with Gasteiger partial charge in [0.15, 0.2) is 0 Å². The van der Waals surface area contributed by atoms with Gasteiger partial charge in [0.1, 0.15) is 11.9 Å². The third kappa shape index (κ3) is 2.95. The molecule has 0 saturated carbocycles. The molecule has 0 fully saturated rings. The van der Waals surface area contributed by atoms with Crippen molar-refractivity contribution in [1.82, 2.24) is 0 Å². The SMILES string of the molecule is N#Cc1cc(NC(=O)c2cc(Br)ccc2N)ccc1F. The molecule has 0 atom stereocenters. The summed E-state index contributed by atoms with van der Waals surface area (Å²) in [7, 11) is 0. The Morgan fingerprint density at radius 2 is 2.05 bits per heavy atom. The number of nitrogens with two attached hydrogens (primary N) is 1. The normalized spacial score (nSPS) is 9.85. The van der Waals surface area contributed by atoms with Gasteiger partial charge in [0.2, 0.25) is 0 Å². The van der Waals surface area contributed by atoms with Crippen LogP contribution in [0.15, 0.2) is 40.9 Å². The van der Waals surface area contributed by atoms with Crippen LogP contribution in [0.5, 0.6) is 0 Å². The second-order valence-electron chi connectivity index (χ2n) is 3.99. The molecule has 0 aliphatic rings. The molecule has 2 aromatic carbocycles. The summed E-state index contributed by atoms with van der Waals surface area (Å²) < 4.78 is 13.9. The van der Waals surface area contributed by atoms with Crippen LogP contribution in [0.25, 0.3) is 0 Å². The van der Waals surface area contributed by atoms with E-state index in [9.17, 15) is 9.18 Å². The molecule has 0 unspecified atom stereocenters.